The molecule has 0 N–H and O–H groups in total. The maximum atomic E-state index is 13.7. The van der Waals surface area contributed by atoms with Gasteiger partial charge < -0.3 is 9.15 Å². The fourth-order valence-corrected chi connectivity index (χ4v) is 5.74. The third-order valence-electron chi connectivity index (χ3n) is 5.08. The molecule has 0 amide bonds. The summed E-state index contributed by atoms with van der Waals surface area (Å²) in [5.74, 6) is -0.690. The number of carbonyl (C=O) groups excluding carboxylic acids is 1. The molecule has 9 heteroatoms. The highest BCUT2D eigenvalue weighted by Gasteiger charge is 2.30. The molecular formula is C26H23Cl2NO5S. The van der Waals surface area contributed by atoms with Crippen LogP contribution < -0.4 is 4.31 Å². The van der Waals surface area contributed by atoms with Gasteiger partial charge in [-0.15, -0.1) is 0 Å². The number of ether oxygens (including phenoxy) is 1. The van der Waals surface area contributed by atoms with E-state index in [-0.39, 0.29) is 14.9 Å². The molecule has 35 heavy (non-hydrogen) atoms. The number of anilines is 1. The van der Waals surface area contributed by atoms with Gasteiger partial charge >= 0.3 is 5.97 Å². The van der Waals surface area contributed by atoms with Gasteiger partial charge in [-0.3, -0.25) is 9.10 Å². The number of carbonyl (C=O) groups is 1. The van der Waals surface area contributed by atoms with Gasteiger partial charge in [-0.2, -0.15) is 0 Å². The molecule has 0 unspecified atom stereocenters. The quantitative estimate of drug-likeness (QED) is 0.251. The minimum Gasteiger partial charge on any atom is -0.472 e. The zero-order valence-electron chi connectivity index (χ0n) is 19.3. The highest BCUT2D eigenvalue weighted by Crippen LogP contribution is 2.32. The first-order valence-electron chi connectivity index (χ1n) is 10.7. The van der Waals surface area contributed by atoms with Crippen molar-refractivity contribution in [1.29, 1.82) is 0 Å². The molecule has 1 heterocycles. The Bertz CT molecular complexity index is 1470. The van der Waals surface area contributed by atoms with Crippen LogP contribution in [0.4, 0.5) is 5.69 Å². The van der Waals surface area contributed by atoms with Crippen LogP contribution >= 0.6 is 23.2 Å². The average molecular weight is 532 g/mol. The standard InChI is InChI=1S/C26H23Cl2NO5S/c1-26(2,3)34-25(30)15-29(35(31,32)24-13-21(27)12-22(28)14-24)23-7-6-17-10-18(4-5-19(17)11-23)20-8-9-33-16-20/h4-14,16H,15H2,1-3H3. The summed E-state index contributed by atoms with van der Waals surface area (Å²) in [7, 11) is -4.21. The van der Waals surface area contributed by atoms with Gasteiger partial charge in [0.1, 0.15) is 12.1 Å². The SMILES string of the molecule is CC(C)(C)OC(=O)CN(c1ccc2cc(-c3ccoc3)ccc2c1)S(=O)(=O)c1cc(Cl)cc(Cl)c1. The van der Waals surface area contributed by atoms with Crippen molar-refractivity contribution in [3.05, 3.63) is 83.2 Å². The molecule has 0 aliphatic rings. The van der Waals surface area contributed by atoms with Gasteiger partial charge in [0.05, 0.1) is 23.1 Å². The number of fused-ring (bicyclic) bond motifs is 1. The fraction of sp³-hybridized carbons (Fsp3) is 0.192. The second-order valence-corrected chi connectivity index (χ2v) is 11.7. The fourth-order valence-electron chi connectivity index (χ4n) is 3.61. The molecule has 0 saturated heterocycles. The van der Waals surface area contributed by atoms with Crippen LogP contribution in [0.1, 0.15) is 20.8 Å². The molecule has 0 spiro atoms. The first-order chi connectivity index (χ1) is 16.4. The van der Waals surface area contributed by atoms with E-state index in [1.54, 1.807) is 51.5 Å². The van der Waals surface area contributed by atoms with E-state index in [1.807, 2.05) is 24.3 Å². The van der Waals surface area contributed by atoms with Crippen molar-refractivity contribution in [2.24, 2.45) is 0 Å². The highest BCUT2D eigenvalue weighted by atomic mass is 35.5. The molecule has 0 radical (unpaired) electrons. The van der Waals surface area contributed by atoms with Crippen molar-refractivity contribution in [3.8, 4) is 11.1 Å². The summed E-state index contributed by atoms with van der Waals surface area (Å²) in [6, 6.07) is 16.8. The molecule has 0 fully saturated rings. The minimum atomic E-state index is -4.21. The number of halogens is 2. The molecule has 0 atom stereocenters. The first kappa shape index (κ1) is 25.1. The number of hydrogen-bond acceptors (Lipinski definition) is 5. The van der Waals surface area contributed by atoms with Crippen LogP contribution in [-0.2, 0) is 19.6 Å². The van der Waals surface area contributed by atoms with Crippen LogP contribution in [0.5, 0.6) is 0 Å². The van der Waals surface area contributed by atoms with Gasteiger partial charge in [0, 0.05) is 15.6 Å². The number of hydrogen-bond donors (Lipinski definition) is 0. The van der Waals surface area contributed by atoms with Gasteiger partial charge in [0.15, 0.2) is 0 Å². The molecule has 4 aromatic rings. The predicted molar refractivity (Wildman–Crippen MR) is 138 cm³/mol. The number of esters is 1. The molecule has 6 nitrogen and oxygen atoms in total. The number of nitrogens with zero attached hydrogens (tertiary/aromatic N) is 1. The smallest absolute Gasteiger partial charge is 0.327 e. The second-order valence-electron chi connectivity index (χ2n) is 8.96. The minimum absolute atomic E-state index is 0.131. The summed E-state index contributed by atoms with van der Waals surface area (Å²) < 4.78 is 38.9. The molecule has 1 aromatic heterocycles. The van der Waals surface area contributed by atoms with Gasteiger partial charge in [-0.05, 0) is 79.6 Å². The van der Waals surface area contributed by atoms with E-state index >= 15 is 0 Å². The van der Waals surface area contributed by atoms with Crippen LogP contribution in [0.25, 0.3) is 21.9 Å². The zero-order chi connectivity index (χ0) is 25.4. The zero-order valence-corrected chi connectivity index (χ0v) is 21.6. The van der Waals surface area contributed by atoms with Crippen molar-refractivity contribution >= 4 is 55.7 Å². The summed E-state index contributed by atoms with van der Waals surface area (Å²) in [6.45, 7) is 4.62. The third kappa shape index (κ3) is 5.81. The maximum absolute atomic E-state index is 13.7. The first-order valence-corrected chi connectivity index (χ1v) is 12.9. The molecule has 3 aromatic carbocycles. The molecule has 0 bridgehead atoms. The van der Waals surface area contributed by atoms with E-state index in [9.17, 15) is 13.2 Å². The largest absolute Gasteiger partial charge is 0.472 e. The number of rotatable bonds is 6. The molecule has 0 saturated carbocycles. The van der Waals surface area contributed by atoms with E-state index in [0.717, 1.165) is 26.2 Å². The summed E-state index contributed by atoms with van der Waals surface area (Å²) in [4.78, 5) is 12.6. The van der Waals surface area contributed by atoms with Crippen molar-refractivity contribution in [1.82, 2.24) is 0 Å². The van der Waals surface area contributed by atoms with Crippen LogP contribution in [0.2, 0.25) is 10.0 Å². The van der Waals surface area contributed by atoms with E-state index in [4.69, 9.17) is 32.4 Å². The summed E-state index contributed by atoms with van der Waals surface area (Å²) in [6.07, 6.45) is 3.25. The Morgan fingerprint density at radius 1 is 0.914 bits per heavy atom. The van der Waals surface area contributed by atoms with E-state index in [0.29, 0.717) is 5.69 Å². The summed E-state index contributed by atoms with van der Waals surface area (Å²) in [5.41, 5.74) is 1.42. The van der Waals surface area contributed by atoms with Crippen LogP contribution in [0.3, 0.4) is 0 Å². The van der Waals surface area contributed by atoms with E-state index < -0.39 is 28.1 Å². The van der Waals surface area contributed by atoms with Crippen LogP contribution in [0, 0.1) is 0 Å². The Morgan fingerprint density at radius 3 is 2.20 bits per heavy atom. The lowest BCUT2D eigenvalue weighted by atomic mass is 10.0. The molecule has 4 rings (SSSR count). The topological polar surface area (TPSA) is 76.8 Å². The molecule has 182 valence electrons. The summed E-state index contributed by atoms with van der Waals surface area (Å²) in [5, 5.41) is 2.02. The van der Waals surface area contributed by atoms with Crippen molar-refractivity contribution < 1.29 is 22.4 Å². The molecular weight excluding hydrogens is 509 g/mol. The van der Waals surface area contributed by atoms with Gasteiger partial charge in [-0.1, -0.05) is 41.4 Å². The number of benzene rings is 3. The lowest BCUT2D eigenvalue weighted by molar-refractivity contribution is -0.152. The van der Waals surface area contributed by atoms with Gasteiger partial charge in [0.2, 0.25) is 0 Å². The Morgan fingerprint density at radius 2 is 1.57 bits per heavy atom. The Labute approximate surface area is 214 Å². The van der Waals surface area contributed by atoms with Gasteiger partial charge in [-0.25, -0.2) is 8.42 Å². The van der Waals surface area contributed by atoms with Crippen LogP contribution in [-0.4, -0.2) is 26.5 Å². The average Bonchev–Trinajstić information content (AvgIpc) is 3.30. The highest BCUT2D eigenvalue weighted by molar-refractivity contribution is 7.92. The predicted octanol–water partition coefficient (Wildman–Crippen LogP) is 6.94. The monoisotopic (exact) mass is 531 g/mol. The second kappa shape index (κ2) is 9.57. The Kier molecular flexibility index (Phi) is 6.86. The number of furan rings is 1. The lowest BCUT2D eigenvalue weighted by Crippen LogP contribution is -2.39. The van der Waals surface area contributed by atoms with E-state index in [1.165, 1.54) is 18.2 Å². The van der Waals surface area contributed by atoms with Crippen molar-refractivity contribution in [2.45, 2.75) is 31.3 Å². The Hall–Kier alpha value is -3.00. The molecule has 0 aliphatic carbocycles. The molecule has 0 aliphatic heterocycles. The van der Waals surface area contributed by atoms with Gasteiger partial charge in [0.25, 0.3) is 10.0 Å². The number of sulfonamides is 1. The van der Waals surface area contributed by atoms with E-state index in [2.05, 4.69) is 0 Å². The lowest BCUT2D eigenvalue weighted by Gasteiger charge is -2.26. The summed E-state index contributed by atoms with van der Waals surface area (Å²) >= 11 is 12.1. The van der Waals surface area contributed by atoms with Crippen molar-refractivity contribution in [2.75, 3.05) is 10.8 Å². The normalized spacial score (nSPS) is 12.0. The van der Waals surface area contributed by atoms with Crippen LogP contribution in [0.15, 0.2) is 82.5 Å². The maximum Gasteiger partial charge on any atom is 0.327 e. The Balaban J connectivity index is 1.79. The van der Waals surface area contributed by atoms with Crippen molar-refractivity contribution in [3.63, 3.8) is 0 Å². The third-order valence-corrected chi connectivity index (χ3v) is 7.27.